The lowest BCUT2D eigenvalue weighted by Crippen LogP contribution is -2.54. The van der Waals surface area contributed by atoms with E-state index >= 15 is 0 Å². The Bertz CT molecular complexity index is 969. The van der Waals surface area contributed by atoms with Crippen LogP contribution >= 0.6 is 11.6 Å². The summed E-state index contributed by atoms with van der Waals surface area (Å²) in [5.74, 6) is -0.0395. The molecule has 0 bridgehead atoms. The highest BCUT2D eigenvalue weighted by molar-refractivity contribution is 6.30. The molecule has 0 aromatic heterocycles. The zero-order valence-electron chi connectivity index (χ0n) is 19.4. The van der Waals surface area contributed by atoms with Crippen LogP contribution in [0.4, 0.5) is 10.5 Å². The number of nitrogens with zero attached hydrogens (tertiary/aromatic N) is 3. The summed E-state index contributed by atoms with van der Waals surface area (Å²) in [4.78, 5) is 33.0. The van der Waals surface area contributed by atoms with Gasteiger partial charge >= 0.3 is 6.03 Å². The molecule has 2 aliphatic rings. The number of urea groups is 1. The summed E-state index contributed by atoms with van der Waals surface area (Å²) in [5, 5.41) is 15.8. The van der Waals surface area contributed by atoms with Crippen molar-refractivity contribution in [2.45, 2.75) is 24.9 Å². The number of amides is 3. The highest BCUT2D eigenvalue weighted by Crippen LogP contribution is 2.24. The van der Waals surface area contributed by atoms with Crippen LogP contribution in [-0.2, 0) is 4.79 Å². The number of halogens is 1. The molecule has 2 saturated heterocycles. The van der Waals surface area contributed by atoms with Gasteiger partial charge in [-0.3, -0.25) is 9.69 Å². The number of nitrogens with one attached hydrogen (secondary N) is 2. The SMILES string of the molecule is CN1CCN(C2CCN(C(=O)C(NC(=O)Nc3ccc(Cl)cc3)c3ccc(O)cc3)CC2)CC1. The largest absolute Gasteiger partial charge is 0.508 e. The molecule has 8 nitrogen and oxygen atoms in total. The number of piperazine rings is 1. The Kier molecular flexibility index (Phi) is 7.92. The maximum atomic E-state index is 13.5. The number of carbonyl (C=O) groups is 2. The Balaban J connectivity index is 1.41. The first kappa shape index (κ1) is 24.3. The third kappa shape index (κ3) is 6.20. The van der Waals surface area contributed by atoms with Crippen molar-refractivity contribution in [3.8, 4) is 5.75 Å². The molecule has 9 heteroatoms. The molecule has 3 N–H and O–H groups in total. The Morgan fingerprint density at radius 1 is 0.941 bits per heavy atom. The molecule has 0 spiro atoms. The highest BCUT2D eigenvalue weighted by atomic mass is 35.5. The minimum Gasteiger partial charge on any atom is -0.508 e. The third-order valence-corrected chi connectivity index (χ3v) is 6.93. The smallest absolute Gasteiger partial charge is 0.320 e. The van der Waals surface area contributed by atoms with E-state index in [-0.39, 0.29) is 11.7 Å². The number of likely N-dealkylation sites (tertiary alicyclic amines) is 1. The molecule has 4 rings (SSSR count). The fourth-order valence-corrected chi connectivity index (χ4v) is 4.73. The first-order valence-corrected chi connectivity index (χ1v) is 12.1. The van der Waals surface area contributed by atoms with Gasteiger partial charge in [0.05, 0.1) is 0 Å². The molecule has 0 aliphatic carbocycles. The van der Waals surface area contributed by atoms with E-state index in [9.17, 15) is 14.7 Å². The van der Waals surface area contributed by atoms with E-state index in [2.05, 4.69) is 27.5 Å². The Morgan fingerprint density at radius 2 is 1.56 bits per heavy atom. The quantitative estimate of drug-likeness (QED) is 0.605. The maximum Gasteiger partial charge on any atom is 0.320 e. The number of carbonyl (C=O) groups excluding carboxylic acids is 2. The second-order valence-corrected chi connectivity index (χ2v) is 9.46. The summed E-state index contributed by atoms with van der Waals surface area (Å²) in [5.41, 5.74) is 1.20. The van der Waals surface area contributed by atoms with Crippen molar-refractivity contribution in [3.05, 3.63) is 59.1 Å². The third-order valence-electron chi connectivity index (χ3n) is 6.68. The van der Waals surface area contributed by atoms with Gasteiger partial charge in [-0.05, 0) is 61.9 Å². The summed E-state index contributed by atoms with van der Waals surface area (Å²) in [6.45, 7) is 5.61. The number of likely N-dealkylation sites (N-methyl/N-ethyl adjacent to an activating group) is 1. The molecule has 2 aromatic rings. The monoisotopic (exact) mass is 485 g/mol. The highest BCUT2D eigenvalue weighted by Gasteiger charge is 2.32. The van der Waals surface area contributed by atoms with Crippen molar-refractivity contribution >= 4 is 29.2 Å². The van der Waals surface area contributed by atoms with E-state index in [0.717, 1.165) is 39.0 Å². The number of phenols is 1. The van der Waals surface area contributed by atoms with Crippen LogP contribution < -0.4 is 10.6 Å². The Hall–Kier alpha value is -2.81. The second-order valence-electron chi connectivity index (χ2n) is 9.03. The number of benzene rings is 2. The minimum atomic E-state index is -0.854. The summed E-state index contributed by atoms with van der Waals surface area (Å²) in [6, 6.07) is 12.3. The number of anilines is 1. The molecule has 2 heterocycles. The molecule has 2 fully saturated rings. The molecule has 2 aliphatic heterocycles. The number of piperidine rings is 1. The van der Waals surface area contributed by atoms with E-state index in [4.69, 9.17) is 11.6 Å². The molecular weight excluding hydrogens is 454 g/mol. The van der Waals surface area contributed by atoms with Crippen LogP contribution in [0.2, 0.25) is 5.02 Å². The molecule has 182 valence electrons. The van der Waals surface area contributed by atoms with Gasteiger partial charge in [-0.2, -0.15) is 0 Å². The van der Waals surface area contributed by atoms with E-state index in [0.29, 0.717) is 35.4 Å². The van der Waals surface area contributed by atoms with E-state index in [1.54, 1.807) is 36.4 Å². The molecule has 1 unspecified atom stereocenters. The average Bonchev–Trinajstić information content (AvgIpc) is 2.85. The van der Waals surface area contributed by atoms with Crippen molar-refractivity contribution in [3.63, 3.8) is 0 Å². The van der Waals surface area contributed by atoms with Crippen molar-refractivity contribution in [2.24, 2.45) is 0 Å². The van der Waals surface area contributed by atoms with Gasteiger partial charge in [0.1, 0.15) is 11.8 Å². The van der Waals surface area contributed by atoms with Crippen molar-refractivity contribution in [2.75, 3.05) is 51.6 Å². The fourth-order valence-electron chi connectivity index (χ4n) is 4.61. The molecule has 2 aromatic carbocycles. The van der Waals surface area contributed by atoms with Crippen LogP contribution in [0.25, 0.3) is 0 Å². The van der Waals surface area contributed by atoms with Gasteiger partial charge in [-0.1, -0.05) is 23.7 Å². The molecule has 3 amide bonds. The van der Waals surface area contributed by atoms with Crippen LogP contribution in [0.1, 0.15) is 24.4 Å². The Morgan fingerprint density at radius 3 is 2.18 bits per heavy atom. The van der Waals surface area contributed by atoms with E-state index < -0.39 is 12.1 Å². The number of hydrogen-bond acceptors (Lipinski definition) is 5. The van der Waals surface area contributed by atoms with Crippen LogP contribution in [0.15, 0.2) is 48.5 Å². The second kappa shape index (κ2) is 11.1. The number of phenolic OH excluding ortho intramolecular Hbond substituents is 1. The minimum absolute atomic E-state index is 0.105. The lowest BCUT2D eigenvalue weighted by atomic mass is 9.99. The first-order valence-electron chi connectivity index (χ1n) is 11.7. The van der Waals surface area contributed by atoms with Crippen LogP contribution in [0.5, 0.6) is 5.75 Å². The predicted molar refractivity (Wildman–Crippen MR) is 133 cm³/mol. The van der Waals surface area contributed by atoms with Gasteiger partial charge in [0.25, 0.3) is 0 Å². The number of aromatic hydroxyl groups is 1. The van der Waals surface area contributed by atoms with Crippen LogP contribution in [0, 0.1) is 0 Å². The predicted octanol–water partition coefficient (Wildman–Crippen LogP) is 3.15. The lowest BCUT2D eigenvalue weighted by molar-refractivity contribution is -0.135. The lowest BCUT2D eigenvalue weighted by Gasteiger charge is -2.42. The number of hydrogen-bond donors (Lipinski definition) is 3. The van der Waals surface area contributed by atoms with Crippen molar-refractivity contribution < 1.29 is 14.7 Å². The first-order chi connectivity index (χ1) is 16.4. The molecular formula is C25H32ClN5O3. The average molecular weight is 486 g/mol. The van der Waals surface area contributed by atoms with Crippen LogP contribution in [-0.4, -0.2) is 84.1 Å². The zero-order chi connectivity index (χ0) is 24.1. The fraction of sp³-hybridized carbons (Fsp3) is 0.440. The molecule has 1 atom stereocenters. The van der Waals surface area contributed by atoms with Crippen molar-refractivity contribution in [1.82, 2.24) is 20.0 Å². The zero-order valence-corrected chi connectivity index (χ0v) is 20.2. The van der Waals surface area contributed by atoms with E-state index in [1.807, 2.05) is 4.90 Å². The van der Waals surface area contributed by atoms with Gasteiger partial charge in [0, 0.05) is 56.0 Å². The maximum absolute atomic E-state index is 13.5. The molecule has 0 saturated carbocycles. The van der Waals surface area contributed by atoms with Gasteiger partial charge in [-0.15, -0.1) is 0 Å². The molecule has 0 radical (unpaired) electrons. The number of rotatable bonds is 5. The Labute approximate surface area is 205 Å². The van der Waals surface area contributed by atoms with Gasteiger partial charge < -0.3 is 25.5 Å². The van der Waals surface area contributed by atoms with E-state index in [1.165, 1.54) is 12.1 Å². The van der Waals surface area contributed by atoms with Gasteiger partial charge in [0.15, 0.2) is 0 Å². The summed E-state index contributed by atoms with van der Waals surface area (Å²) in [7, 11) is 2.15. The van der Waals surface area contributed by atoms with Crippen LogP contribution in [0.3, 0.4) is 0 Å². The summed E-state index contributed by atoms with van der Waals surface area (Å²) < 4.78 is 0. The summed E-state index contributed by atoms with van der Waals surface area (Å²) >= 11 is 5.92. The van der Waals surface area contributed by atoms with Gasteiger partial charge in [0.2, 0.25) is 5.91 Å². The standard InChI is InChI=1S/C25H32ClN5O3/c1-29-14-16-30(17-15-29)21-10-12-31(13-11-21)24(33)23(18-2-8-22(32)9-3-18)28-25(34)27-20-6-4-19(26)5-7-20/h2-9,21,23,32H,10-17H2,1H3,(H2,27,28,34). The van der Waals surface area contributed by atoms with Gasteiger partial charge in [-0.25, -0.2) is 4.79 Å². The van der Waals surface area contributed by atoms with Crippen molar-refractivity contribution in [1.29, 1.82) is 0 Å². The normalized spacial score (nSPS) is 18.9. The topological polar surface area (TPSA) is 88.2 Å². The summed E-state index contributed by atoms with van der Waals surface area (Å²) in [6.07, 6.45) is 1.85. The molecule has 34 heavy (non-hydrogen) atoms.